The molecule has 2 aromatic carbocycles. The largest absolute Gasteiger partial charge is 0.494 e. The Balaban J connectivity index is 1.60. The van der Waals surface area contributed by atoms with E-state index in [1.807, 2.05) is 37.3 Å². The van der Waals surface area contributed by atoms with Crippen molar-refractivity contribution in [3.63, 3.8) is 0 Å². The number of anilines is 1. The van der Waals surface area contributed by atoms with Gasteiger partial charge in [0.05, 0.1) is 13.0 Å². The Kier molecular flexibility index (Phi) is 4.42. The fourth-order valence-electron chi connectivity index (χ4n) is 2.91. The first kappa shape index (κ1) is 14.6. The van der Waals surface area contributed by atoms with Gasteiger partial charge in [0.1, 0.15) is 5.75 Å². The van der Waals surface area contributed by atoms with E-state index in [2.05, 4.69) is 17.4 Å². The van der Waals surface area contributed by atoms with E-state index in [1.54, 1.807) is 0 Å². The Morgan fingerprint density at radius 2 is 1.86 bits per heavy atom. The molecule has 3 rings (SSSR count). The predicted molar refractivity (Wildman–Crippen MR) is 88.4 cm³/mol. The Hall–Kier alpha value is -2.29. The summed E-state index contributed by atoms with van der Waals surface area (Å²) in [5.41, 5.74) is 4.68. The second-order valence-corrected chi connectivity index (χ2v) is 5.64. The summed E-state index contributed by atoms with van der Waals surface area (Å²) >= 11 is 0. The highest BCUT2D eigenvalue weighted by atomic mass is 16.5. The number of rotatable bonds is 5. The molecular formula is C19H21NO2. The Morgan fingerprint density at radius 1 is 1.09 bits per heavy atom. The van der Waals surface area contributed by atoms with Crippen molar-refractivity contribution in [3.05, 3.63) is 59.2 Å². The van der Waals surface area contributed by atoms with Gasteiger partial charge in [0, 0.05) is 5.69 Å². The third-order valence-corrected chi connectivity index (χ3v) is 3.98. The number of hydrogen-bond acceptors (Lipinski definition) is 2. The van der Waals surface area contributed by atoms with Gasteiger partial charge in [-0.2, -0.15) is 0 Å². The minimum Gasteiger partial charge on any atom is -0.494 e. The van der Waals surface area contributed by atoms with Crippen LogP contribution >= 0.6 is 0 Å². The van der Waals surface area contributed by atoms with Crippen LogP contribution in [0.1, 0.15) is 30.0 Å². The van der Waals surface area contributed by atoms with Gasteiger partial charge in [0.2, 0.25) is 5.91 Å². The summed E-state index contributed by atoms with van der Waals surface area (Å²) in [7, 11) is 0. The number of benzene rings is 2. The Bertz CT molecular complexity index is 662. The fraction of sp³-hybridized carbons (Fsp3) is 0.316. The molecule has 0 saturated carbocycles. The maximum atomic E-state index is 12.2. The predicted octanol–water partition coefficient (Wildman–Crippen LogP) is 3.76. The van der Waals surface area contributed by atoms with Gasteiger partial charge in [-0.15, -0.1) is 0 Å². The first-order valence-electron chi connectivity index (χ1n) is 7.88. The molecule has 0 bridgehead atoms. The zero-order valence-electron chi connectivity index (χ0n) is 12.9. The first-order valence-corrected chi connectivity index (χ1v) is 7.88. The van der Waals surface area contributed by atoms with Gasteiger partial charge < -0.3 is 10.1 Å². The fourth-order valence-corrected chi connectivity index (χ4v) is 2.91. The van der Waals surface area contributed by atoms with Crippen molar-refractivity contribution in [2.45, 2.75) is 32.6 Å². The van der Waals surface area contributed by atoms with Crippen LogP contribution in [0, 0.1) is 0 Å². The van der Waals surface area contributed by atoms with Crippen LogP contribution < -0.4 is 10.1 Å². The SMILES string of the molecule is CCOc1ccc(CC(=O)Nc2ccc3c(c2)CCC3)cc1. The third kappa shape index (κ3) is 3.48. The van der Waals surface area contributed by atoms with Crippen molar-refractivity contribution in [2.75, 3.05) is 11.9 Å². The van der Waals surface area contributed by atoms with E-state index in [4.69, 9.17) is 4.74 Å². The highest BCUT2D eigenvalue weighted by Gasteiger charge is 2.12. The number of hydrogen-bond donors (Lipinski definition) is 1. The van der Waals surface area contributed by atoms with Crippen molar-refractivity contribution < 1.29 is 9.53 Å². The molecule has 3 heteroatoms. The molecule has 0 heterocycles. The van der Waals surface area contributed by atoms with Crippen molar-refractivity contribution in [3.8, 4) is 5.75 Å². The summed E-state index contributed by atoms with van der Waals surface area (Å²) in [6.07, 6.45) is 3.88. The zero-order chi connectivity index (χ0) is 15.4. The molecule has 3 nitrogen and oxygen atoms in total. The molecule has 0 unspecified atom stereocenters. The molecule has 0 spiro atoms. The summed E-state index contributed by atoms with van der Waals surface area (Å²) in [6, 6.07) is 13.9. The van der Waals surface area contributed by atoms with Crippen LogP contribution in [0.4, 0.5) is 5.69 Å². The van der Waals surface area contributed by atoms with Gasteiger partial charge in [-0.1, -0.05) is 18.2 Å². The van der Waals surface area contributed by atoms with Gasteiger partial charge in [-0.25, -0.2) is 0 Å². The standard InChI is InChI=1S/C19H21NO2/c1-2-22-18-10-6-14(7-11-18)12-19(21)20-17-9-8-15-4-3-5-16(15)13-17/h6-11,13H,2-5,12H2,1H3,(H,20,21). The van der Waals surface area contributed by atoms with Gasteiger partial charge in [-0.05, 0) is 67.1 Å². The molecule has 1 aliphatic carbocycles. The smallest absolute Gasteiger partial charge is 0.228 e. The Labute approximate surface area is 131 Å². The molecule has 1 aliphatic rings. The topological polar surface area (TPSA) is 38.3 Å². The molecule has 0 atom stereocenters. The van der Waals surface area contributed by atoms with E-state index in [9.17, 15) is 4.79 Å². The van der Waals surface area contributed by atoms with Crippen LogP contribution in [0.25, 0.3) is 0 Å². The molecular weight excluding hydrogens is 274 g/mol. The van der Waals surface area contributed by atoms with E-state index in [1.165, 1.54) is 17.5 Å². The molecule has 22 heavy (non-hydrogen) atoms. The quantitative estimate of drug-likeness (QED) is 0.912. The summed E-state index contributed by atoms with van der Waals surface area (Å²) in [5, 5.41) is 2.99. The summed E-state index contributed by atoms with van der Waals surface area (Å²) in [4.78, 5) is 12.2. The number of amides is 1. The van der Waals surface area contributed by atoms with E-state index in [-0.39, 0.29) is 5.91 Å². The molecule has 114 valence electrons. The monoisotopic (exact) mass is 295 g/mol. The lowest BCUT2D eigenvalue weighted by Crippen LogP contribution is -2.14. The van der Waals surface area contributed by atoms with Crippen LogP contribution in [-0.2, 0) is 24.1 Å². The number of nitrogens with one attached hydrogen (secondary N) is 1. The summed E-state index contributed by atoms with van der Waals surface area (Å²) in [6.45, 7) is 2.61. The van der Waals surface area contributed by atoms with Crippen molar-refractivity contribution in [1.29, 1.82) is 0 Å². The van der Waals surface area contributed by atoms with E-state index < -0.39 is 0 Å². The van der Waals surface area contributed by atoms with Gasteiger partial charge >= 0.3 is 0 Å². The molecule has 2 aromatic rings. The third-order valence-electron chi connectivity index (χ3n) is 3.98. The van der Waals surface area contributed by atoms with Gasteiger partial charge in [-0.3, -0.25) is 4.79 Å². The molecule has 0 aliphatic heterocycles. The minimum absolute atomic E-state index is 0.0158. The number of fused-ring (bicyclic) bond motifs is 1. The molecule has 0 fully saturated rings. The zero-order valence-corrected chi connectivity index (χ0v) is 12.9. The average Bonchev–Trinajstić information content (AvgIpc) is 2.97. The lowest BCUT2D eigenvalue weighted by Gasteiger charge is -2.08. The number of carbonyl (C=O) groups is 1. The van der Waals surface area contributed by atoms with E-state index in [0.29, 0.717) is 13.0 Å². The van der Waals surface area contributed by atoms with Crippen LogP contribution in [0.2, 0.25) is 0 Å². The maximum Gasteiger partial charge on any atom is 0.228 e. The second kappa shape index (κ2) is 6.65. The van der Waals surface area contributed by atoms with Gasteiger partial charge in [0.25, 0.3) is 0 Å². The highest BCUT2D eigenvalue weighted by Crippen LogP contribution is 2.25. The molecule has 0 radical (unpaired) electrons. The molecule has 0 saturated heterocycles. The van der Waals surface area contributed by atoms with Crippen molar-refractivity contribution >= 4 is 11.6 Å². The van der Waals surface area contributed by atoms with Crippen LogP contribution in [0.5, 0.6) is 5.75 Å². The maximum absolute atomic E-state index is 12.2. The molecule has 1 N–H and O–H groups in total. The van der Waals surface area contributed by atoms with E-state index in [0.717, 1.165) is 29.8 Å². The summed E-state index contributed by atoms with van der Waals surface area (Å²) in [5.74, 6) is 0.854. The lowest BCUT2D eigenvalue weighted by atomic mass is 10.1. The van der Waals surface area contributed by atoms with E-state index >= 15 is 0 Å². The summed E-state index contributed by atoms with van der Waals surface area (Å²) < 4.78 is 5.40. The average molecular weight is 295 g/mol. The van der Waals surface area contributed by atoms with Crippen LogP contribution in [0.3, 0.4) is 0 Å². The molecule has 0 aromatic heterocycles. The van der Waals surface area contributed by atoms with Crippen LogP contribution in [-0.4, -0.2) is 12.5 Å². The first-order chi connectivity index (χ1) is 10.7. The lowest BCUT2D eigenvalue weighted by molar-refractivity contribution is -0.115. The number of carbonyl (C=O) groups excluding carboxylic acids is 1. The second-order valence-electron chi connectivity index (χ2n) is 5.64. The minimum atomic E-state index is 0.0158. The van der Waals surface area contributed by atoms with Crippen molar-refractivity contribution in [2.24, 2.45) is 0 Å². The highest BCUT2D eigenvalue weighted by molar-refractivity contribution is 5.92. The normalized spacial score (nSPS) is 12.8. The number of aryl methyl sites for hydroxylation is 2. The van der Waals surface area contributed by atoms with Crippen LogP contribution in [0.15, 0.2) is 42.5 Å². The Morgan fingerprint density at radius 3 is 2.64 bits per heavy atom. The molecule has 1 amide bonds. The van der Waals surface area contributed by atoms with Crippen molar-refractivity contribution in [1.82, 2.24) is 0 Å². The van der Waals surface area contributed by atoms with Gasteiger partial charge in [0.15, 0.2) is 0 Å². The number of ether oxygens (including phenoxy) is 1.